The lowest BCUT2D eigenvalue weighted by Gasteiger charge is -2.36. The molecule has 106 valence electrons. The van der Waals surface area contributed by atoms with E-state index in [9.17, 15) is 0 Å². The van der Waals surface area contributed by atoms with Crippen molar-refractivity contribution in [2.75, 3.05) is 24.3 Å². The van der Waals surface area contributed by atoms with Gasteiger partial charge in [0.15, 0.2) is 0 Å². The van der Waals surface area contributed by atoms with Crippen LogP contribution in [0.15, 0.2) is 18.2 Å². The fourth-order valence-corrected chi connectivity index (χ4v) is 3.47. The van der Waals surface area contributed by atoms with Gasteiger partial charge in [-0.15, -0.1) is 0 Å². The second-order valence-corrected chi connectivity index (χ2v) is 6.52. The van der Waals surface area contributed by atoms with Crippen LogP contribution in [-0.2, 0) is 0 Å². The number of nitrogens with zero attached hydrogens (tertiary/aromatic N) is 1. The zero-order valence-electron chi connectivity index (χ0n) is 12.4. The van der Waals surface area contributed by atoms with Gasteiger partial charge in [0, 0.05) is 25.8 Å². The van der Waals surface area contributed by atoms with Crippen molar-refractivity contribution in [2.45, 2.75) is 39.2 Å². The van der Waals surface area contributed by atoms with Gasteiger partial charge in [0.1, 0.15) is 0 Å². The number of benzene rings is 1. The highest BCUT2D eigenvalue weighted by atomic mass is 35.5. The molecule has 1 saturated carbocycles. The molecule has 0 aliphatic heterocycles. The molecule has 0 radical (unpaired) electrons. The number of nitrogens with one attached hydrogen (secondary N) is 1. The van der Waals surface area contributed by atoms with Gasteiger partial charge in [-0.1, -0.05) is 31.9 Å². The van der Waals surface area contributed by atoms with Gasteiger partial charge >= 0.3 is 0 Å². The molecule has 0 spiro atoms. The summed E-state index contributed by atoms with van der Waals surface area (Å²) in [6.07, 6.45) is 4.01. The van der Waals surface area contributed by atoms with Crippen molar-refractivity contribution >= 4 is 23.0 Å². The summed E-state index contributed by atoms with van der Waals surface area (Å²) in [5, 5.41) is 4.50. The number of hydrogen-bond donors (Lipinski definition) is 1. The maximum absolute atomic E-state index is 6.33. The summed E-state index contributed by atoms with van der Waals surface area (Å²) >= 11 is 6.33. The SMILES string of the molecule is CC1CCCC(C)C1Nc1ccc(N(C)C)c(Cl)c1. The molecule has 1 N–H and O–H groups in total. The Kier molecular flexibility index (Phi) is 4.62. The van der Waals surface area contributed by atoms with E-state index in [0.717, 1.165) is 28.2 Å². The Morgan fingerprint density at radius 3 is 2.32 bits per heavy atom. The molecule has 2 atom stereocenters. The molecule has 1 aromatic carbocycles. The first-order chi connectivity index (χ1) is 8.99. The fourth-order valence-electron chi connectivity index (χ4n) is 3.12. The van der Waals surface area contributed by atoms with Crippen LogP contribution in [0, 0.1) is 11.8 Å². The minimum absolute atomic E-state index is 0.565. The van der Waals surface area contributed by atoms with Crippen molar-refractivity contribution in [3.05, 3.63) is 23.2 Å². The summed E-state index contributed by atoms with van der Waals surface area (Å²) < 4.78 is 0. The lowest BCUT2D eigenvalue weighted by Crippen LogP contribution is -2.37. The summed E-state index contributed by atoms with van der Waals surface area (Å²) in [5.74, 6) is 1.46. The van der Waals surface area contributed by atoms with Crippen LogP contribution in [-0.4, -0.2) is 20.1 Å². The van der Waals surface area contributed by atoms with Crippen molar-refractivity contribution in [3.8, 4) is 0 Å². The predicted octanol–water partition coefficient (Wildman–Crippen LogP) is 4.64. The summed E-state index contributed by atoms with van der Waals surface area (Å²) in [6, 6.07) is 6.83. The van der Waals surface area contributed by atoms with E-state index < -0.39 is 0 Å². The van der Waals surface area contributed by atoms with Gasteiger partial charge in [-0.3, -0.25) is 0 Å². The van der Waals surface area contributed by atoms with Crippen molar-refractivity contribution in [2.24, 2.45) is 11.8 Å². The molecule has 0 heterocycles. The Morgan fingerprint density at radius 2 is 1.79 bits per heavy atom. The molecule has 0 amide bonds. The summed E-state index contributed by atoms with van der Waals surface area (Å²) in [6.45, 7) is 4.70. The standard InChI is InChI=1S/C16H25ClN2/c1-11-6-5-7-12(2)16(11)18-13-8-9-15(19(3)4)14(17)10-13/h8-12,16,18H,5-7H2,1-4H3. The molecule has 2 nitrogen and oxygen atoms in total. The Bertz CT molecular complexity index is 421. The van der Waals surface area contributed by atoms with Gasteiger partial charge in [0.05, 0.1) is 10.7 Å². The van der Waals surface area contributed by atoms with Gasteiger partial charge in [-0.05, 0) is 42.9 Å². The molecule has 1 fully saturated rings. The normalized spacial score (nSPS) is 27.1. The van der Waals surface area contributed by atoms with Crippen molar-refractivity contribution in [3.63, 3.8) is 0 Å². The minimum Gasteiger partial charge on any atom is -0.382 e. The number of rotatable bonds is 3. The zero-order valence-corrected chi connectivity index (χ0v) is 13.2. The van der Waals surface area contributed by atoms with E-state index >= 15 is 0 Å². The lowest BCUT2D eigenvalue weighted by molar-refractivity contribution is 0.268. The Hall–Kier alpha value is -0.890. The molecule has 1 aromatic rings. The number of halogens is 1. The third kappa shape index (κ3) is 3.36. The van der Waals surface area contributed by atoms with E-state index in [1.807, 2.05) is 25.1 Å². The average molecular weight is 281 g/mol. The van der Waals surface area contributed by atoms with Gasteiger partial charge in [0.25, 0.3) is 0 Å². The Balaban J connectivity index is 2.12. The molecule has 3 heteroatoms. The molecule has 2 rings (SSSR count). The molecule has 0 bridgehead atoms. The summed E-state index contributed by atoms with van der Waals surface area (Å²) in [4.78, 5) is 2.04. The smallest absolute Gasteiger partial charge is 0.0659 e. The van der Waals surface area contributed by atoms with Crippen LogP contribution in [0.3, 0.4) is 0 Å². The van der Waals surface area contributed by atoms with E-state index in [4.69, 9.17) is 11.6 Å². The molecule has 1 aliphatic carbocycles. The minimum atomic E-state index is 0.565. The van der Waals surface area contributed by atoms with E-state index in [0.29, 0.717) is 6.04 Å². The zero-order chi connectivity index (χ0) is 14.0. The molecule has 2 unspecified atom stereocenters. The Morgan fingerprint density at radius 1 is 1.16 bits per heavy atom. The van der Waals surface area contributed by atoms with E-state index in [1.165, 1.54) is 19.3 Å². The van der Waals surface area contributed by atoms with Gasteiger partial charge in [0.2, 0.25) is 0 Å². The van der Waals surface area contributed by atoms with Crippen molar-refractivity contribution in [1.82, 2.24) is 0 Å². The van der Waals surface area contributed by atoms with E-state index in [1.54, 1.807) is 0 Å². The molecule has 1 aliphatic rings. The second-order valence-electron chi connectivity index (χ2n) is 6.12. The van der Waals surface area contributed by atoms with Crippen LogP contribution in [0.5, 0.6) is 0 Å². The monoisotopic (exact) mass is 280 g/mol. The van der Waals surface area contributed by atoms with Crippen LogP contribution in [0.25, 0.3) is 0 Å². The summed E-state index contributed by atoms with van der Waals surface area (Å²) in [5.41, 5.74) is 2.21. The molecule has 0 saturated heterocycles. The van der Waals surface area contributed by atoms with Crippen LogP contribution < -0.4 is 10.2 Å². The molecule has 19 heavy (non-hydrogen) atoms. The number of anilines is 2. The molecular weight excluding hydrogens is 256 g/mol. The maximum Gasteiger partial charge on any atom is 0.0659 e. The van der Waals surface area contributed by atoms with Crippen LogP contribution in [0.4, 0.5) is 11.4 Å². The van der Waals surface area contributed by atoms with Crippen LogP contribution in [0.1, 0.15) is 33.1 Å². The second kappa shape index (κ2) is 6.04. The van der Waals surface area contributed by atoms with Gasteiger partial charge < -0.3 is 10.2 Å². The quantitative estimate of drug-likeness (QED) is 0.867. The van der Waals surface area contributed by atoms with E-state index in [-0.39, 0.29) is 0 Å². The first-order valence-electron chi connectivity index (χ1n) is 7.22. The van der Waals surface area contributed by atoms with Gasteiger partial charge in [-0.25, -0.2) is 0 Å². The summed E-state index contributed by atoms with van der Waals surface area (Å²) in [7, 11) is 4.03. The predicted molar refractivity (Wildman–Crippen MR) is 85.4 cm³/mol. The third-order valence-corrected chi connectivity index (χ3v) is 4.61. The molecular formula is C16H25ClN2. The van der Waals surface area contributed by atoms with Crippen molar-refractivity contribution in [1.29, 1.82) is 0 Å². The third-order valence-electron chi connectivity index (χ3n) is 4.31. The maximum atomic E-state index is 6.33. The first kappa shape index (κ1) is 14.5. The number of hydrogen-bond acceptors (Lipinski definition) is 2. The lowest BCUT2D eigenvalue weighted by atomic mass is 9.78. The Labute approximate surface area is 122 Å². The van der Waals surface area contributed by atoms with Crippen molar-refractivity contribution < 1.29 is 0 Å². The van der Waals surface area contributed by atoms with Crippen LogP contribution >= 0.6 is 11.6 Å². The van der Waals surface area contributed by atoms with E-state index in [2.05, 4.69) is 31.3 Å². The van der Waals surface area contributed by atoms with Gasteiger partial charge in [-0.2, -0.15) is 0 Å². The largest absolute Gasteiger partial charge is 0.382 e. The topological polar surface area (TPSA) is 15.3 Å². The first-order valence-corrected chi connectivity index (χ1v) is 7.60. The fraction of sp³-hybridized carbons (Fsp3) is 0.625. The highest BCUT2D eigenvalue weighted by Gasteiger charge is 2.27. The van der Waals surface area contributed by atoms with Crippen LogP contribution in [0.2, 0.25) is 5.02 Å². The average Bonchev–Trinajstić information content (AvgIpc) is 2.33. The highest BCUT2D eigenvalue weighted by Crippen LogP contribution is 2.33. The highest BCUT2D eigenvalue weighted by molar-refractivity contribution is 6.33. The molecule has 0 aromatic heterocycles.